The maximum absolute atomic E-state index is 11.4. The molecule has 0 spiro atoms. The van der Waals surface area contributed by atoms with E-state index < -0.39 is 11.9 Å². The average Bonchev–Trinajstić information content (AvgIpc) is 2.59. The Kier molecular flexibility index (Phi) is 4.30. The number of rotatable bonds is 4. The van der Waals surface area contributed by atoms with E-state index >= 15 is 0 Å². The molecule has 86 valence electrons. The molecule has 1 aromatic rings. The zero-order valence-electron chi connectivity index (χ0n) is 8.51. The minimum atomic E-state index is -1.05. The van der Waals surface area contributed by atoms with Gasteiger partial charge in [0.05, 0.1) is 0 Å². The van der Waals surface area contributed by atoms with E-state index in [1.807, 2.05) is 0 Å². The minimum absolute atomic E-state index is 0.328. The molecular weight excluding hydrogens is 278 g/mol. The lowest BCUT2D eigenvalue weighted by molar-refractivity contribution is -0.141. The number of carbonyl (C=O) groups is 2. The number of likely N-dealkylation sites (N-methyl/N-ethyl adjacent to an activating group) is 1. The van der Waals surface area contributed by atoms with Crippen molar-refractivity contribution in [2.24, 2.45) is 0 Å². The Hall–Kier alpha value is -1.56. The van der Waals surface area contributed by atoms with Gasteiger partial charge in [0.15, 0.2) is 4.67 Å². The molecule has 0 aliphatic rings. The number of nitrogens with zero attached hydrogens (tertiary/aromatic N) is 1. The van der Waals surface area contributed by atoms with E-state index in [1.54, 1.807) is 12.1 Å². The Morgan fingerprint density at radius 3 is 2.75 bits per heavy atom. The van der Waals surface area contributed by atoms with Gasteiger partial charge >= 0.3 is 5.97 Å². The SMILES string of the molecule is CN(CC(=O)O)C(=O)/C=C/c1ccc(Br)o1. The molecule has 0 bridgehead atoms. The number of carboxylic acid groups (broad SMARTS) is 1. The first-order chi connectivity index (χ1) is 7.49. The summed E-state index contributed by atoms with van der Waals surface area (Å²) in [5.74, 6) is -0.927. The molecule has 0 aromatic carbocycles. The number of aliphatic carboxylic acids is 1. The summed E-state index contributed by atoms with van der Waals surface area (Å²) in [7, 11) is 1.42. The van der Waals surface area contributed by atoms with Crippen LogP contribution in [-0.2, 0) is 9.59 Å². The molecule has 5 nitrogen and oxygen atoms in total. The van der Waals surface area contributed by atoms with Crippen molar-refractivity contribution in [3.05, 3.63) is 28.6 Å². The number of hydrogen-bond donors (Lipinski definition) is 1. The Bertz CT molecular complexity index is 424. The molecule has 0 saturated heterocycles. The molecule has 0 saturated carbocycles. The molecule has 0 aliphatic carbocycles. The second-order valence-corrected chi connectivity index (χ2v) is 3.84. The predicted octanol–water partition coefficient (Wildman–Crippen LogP) is 1.60. The molecular formula is C10H10BrNO4. The molecule has 0 aliphatic heterocycles. The largest absolute Gasteiger partial charge is 0.480 e. The van der Waals surface area contributed by atoms with E-state index in [0.29, 0.717) is 10.4 Å². The standard InChI is InChI=1S/C10H10BrNO4/c1-12(6-10(14)15)9(13)5-3-7-2-4-8(11)16-7/h2-5H,6H2,1H3,(H,14,15)/b5-3+. The van der Waals surface area contributed by atoms with Gasteiger partial charge in [0.25, 0.3) is 0 Å². The second kappa shape index (κ2) is 5.50. The molecule has 0 unspecified atom stereocenters. The summed E-state index contributed by atoms with van der Waals surface area (Å²) in [4.78, 5) is 22.8. The van der Waals surface area contributed by atoms with Gasteiger partial charge in [-0.05, 0) is 34.1 Å². The first-order valence-corrected chi connectivity index (χ1v) is 5.18. The summed E-state index contributed by atoms with van der Waals surface area (Å²) in [5.41, 5.74) is 0. The second-order valence-electron chi connectivity index (χ2n) is 3.06. The van der Waals surface area contributed by atoms with Crippen molar-refractivity contribution in [1.29, 1.82) is 0 Å². The van der Waals surface area contributed by atoms with E-state index in [1.165, 1.54) is 19.2 Å². The highest BCUT2D eigenvalue weighted by Crippen LogP contribution is 2.14. The van der Waals surface area contributed by atoms with Crippen molar-refractivity contribution < 1.29 is 19.1 Å². The first-order valence-electron chi connectivity index (χ1n) is 4.39. The monoisotopic (exact) mass is 287 g/mol. The highest BCUT2D eigenvalue weighted by molar-refractivity contribution is 9.10. The highest BCUT2D eigenvalue weighted by atomic mass is 79.9. The average molecular weight is 288 g/mol. The number of carboxylic acids is 1. The molecule has 1 aromatic heterocycles. The maximum atomic E-state index is 11.4. The van der Waals surface area contributed by atoms with E-state index in [4.69, 9.17) is 9.52 Å². The lowest BCUT2D eigenvalue weighted by Gasteiger charge is -2.10. The fraction of sp³-hybridized carbons (Fsp3) is 0.200. The zero-order chi connectivity index (χ0) is 12.1. The lowest BCUT2D eigenvalue weighted by atomic mass is 10.3. The van der Waals surface area contributed by atoms with Crippen LogP contribution < -0.4 is 0 Å². The van der Waals surface area contributed by atoms with Crippen molar-refractivity contribution >= 4 is 33.9 Å². The fourth-order valence-electron chi connectivity index (χ4n) is 0.979. The minimum Gasteiger partial charge on any atom is -0.480 e. The van der Waals surface area contributed by atoms with Gasteiger partial charge in [-0.1, -0.05) is 0 Å². The smallest absolute Gasteiger partial charge is 0.323 e. The third kappa shape index (κ3) is 3.90. The van der Waals surface area contributed by atoms with E-state index in [9.17, 15) is 9.59 Å². The number of furan rings is 1. The Morgan fingerprint density at radius 1 is 1.56 bits per heavy atom. The van der Waals surface area contributed by atoms with Crippen LogP contribution in [0.3, 0.4) is 0 Å². The Balaban J connectivity index is 2.57. The van der Waals surface area contributed by atoms with Crippen molar-refractivity contribution in [2.75, 3.05) is 13.6 Å². The normalized spacial score (nSPS) is 10.6. The van der Waals surface area contributed by atoms with Gasteiger partial charge in [-0.3, -0.25) is 9.59 Å². The van der Waals surface area contributed by atoms with Gasteiger partial charge < -0.3 is 14.4 Å². The Labute approximate surface area is 100 Å². The van der Waals surface area contributed by atoms with Crippen molar-refractivity contribution in [3.8, 4) is 0 Å². The molecule has 1 heterocycles. The first kappa shape index (κ1) is 12.5. The van der Waals surface area contributed by atoms with Crippen LogP contribution in [0.5, 0.6) is 0 Å². The molecule has 1 N–H and O–H groups in total. The summed E-state index contributed by atoms with van der Waals surface area (Å²) in [6.45, 7) is -0.328. The molecule has 16 heavy (non-hydrogen) atoms. The highest BCUT2D eigenvalue weighted by Gasteiger charge is 2.08. The van der Waals surface area contributed by atoms with E-state index in [-0.39, 0.29) is 6.54 Å². The van der Waals surface area contributed by atoms with E-state index in [0.717, 1.165) is 4.90 Å². The summed E-state index contributed by atoms with van der Waals surface area (Å²) >= 11 is 3.13. The van der Waals surface area contributed by atoms with Gasteiger partial charge in [0, 0.05) is 13.1 Å². The molecule has 1 rings (SSSR count). The van der Waals surface area contributed by atoms with Crippen LogP contribution in [0.4, 0.5) is 0 Å². The summed E-state index contributed by atoms with van der Waals surface area (Å²) < 4.78 is 5.71. The molecule has 6 heteroatoms. The van der Waals surface area contributed by atoms with Crippen molar-refractivity contribution in [2.45, 2.75) is 0 Å². The lowest BCUT2D eigenvalue weighted by Crippen LogP contribution is -2.30. The zero-order valence-corrected chi connectivity index (χ0v) is 10.1. The Morgan fingerprint density at radius 2 is 2.25 bits per heavy atom. The third-order valence-electron chi connectivity index (χ3n) is 1.73. The van der Waals surface area contributed by atoms with Crippen LogP contribution in [0.2, 0.25) is 0 Å². The molecule has 0 fully saturated rings. The van der Waals surface area contributed by atoms with Crippen LogP contribution in [0.1, 0.15) is 5.76 Å². The van der Waals surface area contributed by atoms with Crippen LogP contribution >= 0.6 is 15.9 Å². The van der Waals surface area contributed by atoms with Crippen LogP contribution in [0, 0.1) is 0 Å². The number of halogens is 1. The maximum Gasteiger partial charge on any atom is 0.323 e. The van der Waals surface area contributed by atoms with Gasteiger partial charge in [0.1, 0.15) is 12.3 Å². The van der Waals surface area contributed by atoms with Gasteiger partial charge in [0.2, 0.25) is 5.91 Å². The number of amides is 1. The number of carbonyl (C=O) groups excluding carboxylic acids is 1. The summed E-state index contributed by atoms with van der Waals surface area (Å²) in [5, 5.41) is 8.48. The molecule has 1 amide bonds. The fourth-order valence-corrected chi connectivity index (χ4v) is 1.30. The quantitative estimate of drug-likeness (QED) is 0.854. The number of hydrogen-bond acceptors (Lipinski definition) is 3. The van der Waals surface area contributed by atoms with Crippen molar-refractivity contribution in [3.63, 3.8) is 0 Å². The van der Waals surface area contributed by atoms with E-state index in [2.05, 4.69) is 15.9 Å². The van der Waals surface area contributed by atoms with Crippen LogP contribution in [0.15, 0.2) is 27.3 Å². The van der Waals surface area contributed by atoms with Gasteiger partial charge in [-0.25, -0.2) is 0 Å². The molecule has 0 radical (unpaired) electrons. The third-order valence-corrected chi connectivity index (χ3v) is 2.16. The van der Waals surface area contributed by atoms with Crippen LogP contribution in [-0.4, -0.2) is 35.5 Å². The van der Waals surface area contributed by atoms with Crippen LogP contribution in [0.25, 0.3) is 6.08 Å². The topological polar surface area (TPSA) is 70.8 Å². The molecule has 0 atom stereocenters. The predicted molar refractivity (Wildman–Crippen MR) is 60.7 cm³/mol. The van der Waals surface area contributed by atoms with Gasteiger partial charge in [-0.2, -0.15) is 0 Å². The summed E-state index contributed by atoms with van der Waals surface area (Å²) in [6.07, 6.45) is 2.74. The van der Waals surface area contributed by atoms with Crippen molar-refractivity contribution in [1.82, 2.24) is 4.90 Å². The van der Waals surface area contributed by atoms with Gasteiger partial charge in [-0.15, -0.1) is 0 Å². The summed E-state index contributed by atoms with van der Waals surface area (Å²) in [6, 6.07) is 3.39.